The lowest BCUT2D eigenvalue weighted by Gasteiger charge is -2.13. The molecule has 0 aromatic heterocycles. The summed E-state index contributed by atoms with van der Waals surface area (Å²) in [5, 5.41) is 11.6. The average Bonchev–Trinajstić information content (AvgIpc) is 3.27. The number of benzene rings is 1. The first-order valence-corrected chi connectivity index (χ1v) is 7.28. The first kappa shape index (κ1) is 15.4. The zero-order valence-corrected chi connectivity index (χ0v) is 12.2. The van der Waals surface area contributed by atoms with Crippen molar-refractivity contribution in [1.29, 1.82) is 0 Å². The quantitative estimate of drug-likeness (QED) is 0.719. The minimum Gasteiger partial charge on any atom is -0.494 e. The van der Waals surface area contributed by atoms with Crippen LogP contribution in [0, 0.1) is 12.8 Å². The van der Waals surface area contributed by atoms with Crippen LogP contribution in [-0.4, -0.2) is 29.6 Å². The smallest absolute Gasteiger partial charge is 0.326 e. The molecule has 0 radical (unpaired) electrons. The third kappa shape index (κ3) is 5.10. The van der Waals surface area contributed by atoms with Crippen molar-refractivity contribution < 1.29 is 19.4 Å². The molecule has 5 nitrogen and oxygen atoms in total. The predicted molar refractivity (Wildman–Crippen MR) is 78.2 cm³/mol. The van der Waals surface area contributed by atoms with Crippen molar-refractivity contribution >= 4 is 11.9 Å². The molecule has 1 aromatic carbocycles. The van der Waals surface area contributed by atoms with Crippen molar-refractivity contribution in [3.63, 3.8) is 0 Å². The lowest BCUT2D eigenvalue weighted by molar-refractivity contribution is -0.142. The van der Waals surface area contributed by atoms with Crippen LogP contribution in [0.25, 0.3) is 0 Å². The Bertz CT molecular complexity index is 494. The Morgan fingerprint density at radius 1 is 1.33 bits per heavy atom. The molecule has 1 fully saturated rings. The third-order valence-electron chi connectivity index (χ3n) is 3.51. The number of carbonyl (C=O) groups is 2. The zero-order chi connectivity index (χ0) is 15.2. The number of carboxylic acid groups (broad SMARTS) is 1. The summed E-state index contributed by atoms with van der Waals surface area (Å²) in [5.74, 6) is -0.277. The monoisotopic (exact) mass is 291 g/mol. The molecule has 114 valence electrons. The molecule has 1 saturated carbocycles. The fourth-order valence-electron chi connectivity index (χ4n) is 2.11. The maximum absolute atomic E-state index is 11.7. The van der Waals surface area contributed by atoms with Gasteiger partial charge in [-0.1, -0.05) is 17.7 Å². The molecule has 1 aliphatic carbocycles. The van der Waals surface area contributed by atoms with Gasteiger partial charge in [-0.2, -0.15) is 0 Å². The highest BCUT2D eigenvalue weighted by molar-refractivity contribution is 5.83. The molecule has 1 aliphatic rings. The van der Waals surface area contributed by atoms with Gasteiger partial charge in [0.25, 0.3) is 0 Å². The lowest BCUT2D eigenvalue weighted by Crippen LogP contribution is -2.42. The summed E-state index contributed by atoms with van der Waals surface area (Å²) in [5.41, 5.74) is 1.17. The van der Waals surface area contributed by atoms with E-state index in [1.54, 1.807) is 0 Å². The van der Waals surface area contributed by atoms with Gasteiger partial charge in [-0.15, -0.1) is 0 Å². The number of aryl methyl sites for hydroxylation is 1. The Morgan fingerprint density at radius 3 is 2.57 bits per heavy atom. The fraction of sp³-hybridized carbons (Fsp3) is 0.500. The number of aliphatic carboxylic acids is 1. The lowest BCUT2D eigenvalue weighted by atomic mass is 10.2. The van der Waals surface area contributed by atoms with E-state index in [0.717, 1.165) is 18.6 Å². The van der Waals surface area contributed by atoms with E-state index in [2.05, 4.69) is 5.32 Å². The number of hydrogen-bond donors (Lipinski definition) is 2. The van der Waals surface area contributed by atoms with Crippen LogP contribution in [0.4, 0.5) is 0 Å². The van der Waals surface area contributed by atoms with Gasteiger partial charge in [-0.05, 0) is 44.2 Å². The largest absolute Gasteiger partial charge is 0.494 e. The van der Waals surface area contributed by atoms with Gasteiger partial charge in [0.1, 0.15) is 11.8 Å². The Morgan fingerprint density at radius 2 is 2.00 bits per heavy atom. The van der Waals surface area contributed by atoms with Gasteiger partial charge < -0.3 is 15.2 Å². The van der Waals surface area contributed by atoms with Crippen LogP contribution in [0.5, 0.6) is 5.75 Å². The molecule has 1 unspecified atom stereocenters. The van der Waals surface area contributed by atoms with E-state index in [1.807, 2.05) is 31.2 Å². The topological polar surface area (TPSA) is 75.6 Å². The highest BCUT2D eigenvalue weighted by Crippen LogP contribution is 2.32. The molecule has 0 heterocycles. The summed E-state index contributed by atoms with van der Waals surface area (Å²) >= 11 is 0. The molecule has 0 bridgehead atoms. The average molecular weight is 291 g/mol. The minimum absolute atomic E-state index is 0.107. The van der Waals surface area contributed by atoms with Crippen LogP contribution >= 0.6 is 0 Å². The Hall–Kier alpha value is -2.04. The molecule has 21 heavy (non-hydrogen) atoms. The highest BCUT2D eigenvalue weighted by atomic mass is 16.5. The molecular formula is C16H21NO4. The van der Waals surface area contributed by atoms with Crippen LogP contribution in [0.3, 0.4) is 0 Å². The van der Waals surface area contributed by atoms with Gasteiger partial charge in [0.05, 0.1) is 6.61 Å². The summed E-state index contributed by atoms with van der Waals surface area (Å²) in [6, 6.07) is 6.99. The molecule has 5 heteroatoms. The van der Waals surface area contributed by atoms with Gasteiger partial charge in [-0.3, -0.25) is 4.79 Å². The molecule has 1 atom stereocenters. The number of nitrogens with one attached hydrogen (secondary N) is 1. The number of carboxylic acids is 1. The summed E-state index contributed by atoms with van der Waals surface area (Å²) < 4.78 is 5.53. The highest BCUT2D eigenvalue weighted by Gasteiger charge is 2.37. The molecule has 0 aliphatic heterocycles. The second-order valence-corrected chi connectivity index (χ2v) is 5.49. The van der Waals surface area contributed by atoms with Crippen LogP contribution in [0.2, 0.25) is 0 Å². The van der Waals surface area contributed by atoms with Crippen LogP contribution < -0.4 is 10.1 Å². The molecule has 0 spiro atoms. The number of rotatable bonds is 8. The number of hydrogen-bond acceptors (Lipinski definition) is 3. The first-order chi connectivity index (χ1) is 10.1. The molecular weight excluding hydrogens is 270 g/mol. The Kier molecular flexibility index (Phi) is 5.20. The normalized spacial score (nSPS) is 15.3. The van der Waals surface area contributed by atoms with Crippen molar-refractivity contribution in [2.45, 2.75) is 38.6 Å². The van der Waals surface area contributed by atoms with E-state index >= 15 is 0 Å². The fourth-order valence-corrected chi connectivity index (χ4v) is 2.11. The molecule has 1 aromatic rings. The van der Waals surface area contributed by atoms with Crippen molar-refractivity contribution in [2.24, 2.45) is 5.92 Å². The van der Waals surface area contributed by atoms with E-state index in [-0.39, 0.29) is 18.2 Å². The van der Waals surface area contributed by atoms with E-state index in [0.29, 0.717) is 13.0 Å². The van der Waals surface area contributed by atoms with E-state index in [1.165, 1.54) is 5.56 Å². The minimum atomic E-state index is -0.943. The van der Waals surface area contributed by atoms with Gasteiger partial charge >= 0.3 is 5.97 Å². The van der Waals surface area contributed by atoms with Gasteiger partial charge in [0.15, 0.2) is 0 Å². The van der Waals surface area contributed by atoms with Crippen molar-refractivity contribution in [1.82, 2.24) is 5.32 Å². The summed E-state index contributed by atoms with van der Waals surface area (Å²) in [6.07, 6.45) is 2.61. The zero-order valence-electron chi connectivity index (χ0n) is 12.2. The van der Waals surface area contributed by atoms with Crippen LogP contribution in [-0.2, 0) is 9.59 Å². The predicted octanol–water partition coefficient (Wildman–Crippen LogP) is 2.13. The Labute approximate surface area is 124 Å². The second-order valence-electron chi connectivity index (χ2n) is 5.49. The molecule has 1 amide bonds. The third-order valence-corrected chi connectivity index (χ3v) is 3.51. The van der Waals surface area contributed by atoms with Gasteiger partial charge in [0.2, 0.25) is 5.91 Å². The first-order valence-electron chi connectivity index (χ1n) is 7.28. The van der Waals surface area contributed by atoms with Crippen LogP contribution in [0.1, 0.15) is 31.2 Å². The summed E-state index contributed by atoms with van der Waals surface area (Å²) in [4.78, 5) is 22.7. The van der Waals surface area contributed by atoms with Crippen molar-refractivity contribution in [3.05, 3.63) is 29.8 Å². The van der Waals surface area contributed by atoms with E-state index < -0.39 is 12.0 Å². The van der Waals surface area contributed by atoms with Crippen molar-refractivity contribution in [2.75, 3.05) is 6.61 Å². The maximum Gasteiger partial charge on any atom is 0.326 e. The van der Waals surface area contributed by atoms with Crippen LogP contribution in [0.15, 0.2) is 24.3 Å². The number of carbonyl (C=O) groups excluding carboxylic acids is 1. The number of ether oxygens (including phenoxy) is 1. The van der Waals surface area contributed by atoms with Gasteiger partial charge in [-0.25, -0.2) is 4.79 Å². The summed E-state index contributed by atoms with van der Waals surface area (Å²) in [7, 11) is 0. The Balaban J connectivity index is 1.64. The molecule has 2 rings (SSSR count). The van der Waals surface area contributed by atoms with Gasteiger partial charge in [0, 0.05) is 6.42 Å². The molecule has 2 N–H and O–H groups in total. The molecule has 0 saturated heterocycles. The SMILES string of the molecule is Cc1ccc(OCCCC(=O)NC(C(=O)O)C2CC2)cc1. The number of amides is 1. The maximum atomic E-state index is 11.7. The standard InChI is InChI=1S/C16H21NO4/c1-11-4-8-13(9-5-11)21-10-2-3-14(18)17-15(16(19)20)12-6-7-12/h4-5,8-9,12,15H,2-3,6-7,10H2,1H3,(H,17,18)(H,19,20). The van der Waals surface area contributed by atoms with Crippen molar-refractivity contribution in [3.8, 4) is 5.75 Å². The second kappa shape index (κ2) is 7.11. The van der Waals surface area contributed by atoms with E-state index in [4.69, 9.17) is 9.84 Å². The van der Waals surface area contributed by atoms with E-state index in [9.17, 15) is 9.59 Å². The summed E-state index contributed by atoms with van der Waals surface area (Å²) in [6.45, 7) is 2.45.